The van der Waals surface area contributed by atoms with Crippen LogP contribution in [-0.2, 0) is 26.2 Å². The van der Waals surface area contributed by atoms with Crippen molar-refractivity contribution in [3.63, 3.8) is 0 Å². The maximum absolute atomic E-state index is 13.5. The van der Waals surface area contributed by atoms with Crippen LogP contribution in [0.25, 0.3) is 22.3 Å². The van der Waals surface area contributed by atoms with Crippen molar-refractivity contribution in [2.24, 2.45) is 7.05 Å². The summed E-state index contributed by atoms with van der Waals surface area (Å²) in [5, 5.41) is 20.8. The molecular weight excluding hydrogens is 540 g/mol. The number of benzene rings is 1. The monoisotopic (exact) mass is 564 g/mol. The average molecular weight is 565 g/mol. The molecule has 0 saturated carbocycles. The lowest BCUT2D eigenvalue weighted by Crippen LogP contribution is -2.17. The Morgan fingerprint density at radius 2 is 1.88 bits per heavy atom. The number of aliphatic hydroxyl groups excluding tert-OH is 1. The lowest BCUT2D eigenvalue weighted by atomic mass is 10.00. The van der Waals surface area contributed by atoms with Crippen molar-refractivity contribution in [1.82, 2.24) is 24.5 Å². The van der Waals surface area contributed by atoms with Gasteiger partial charge in [0.15, 0.2) is 6.23 Å². The van der Waals surface area contributed by atoms with Crippen LogP contribution in [0, 0.1) is 5.82 Å². The molecular formula is C28H24F4N8O. The first-order valence-electron chi connectivity index (χ1n) is 12.7. The highest BCUT2D eigenvalue weighted by atomic mass is 19.4. The third-order valence-corrected chi connectivity index (χ3v) is 6.87. The summed E-state index contributed by atoms with van der Waals surface area (Å²) in [6, 6.07) is 7.91. The van der Waals surface area contributed by atoms with Crippen LogP contribution in [0.2, 0.25) is 0 Å². The van der Waals surface area contributed by atoms with Gasteiger partial charge in [-0.05, 0) is 47.9 Å². The number of pyridine rings is 2. The van der Waals surface area contributed by atoms with E-state index in [1.165, 1.54) is 30.6 Å². The van der Waals surface area contributed by atoms with E-state index < -0.39 is 23.8 Å². The molecule has 210 valence electrons. The van der Waals surface area contributed by atoms with Gasteiger partial charge in [-0.1, -0.05) is 6.07 Å². The standard InChI is InChI=1S/C28H24F4N8O/c1-40-13-21-22-25(37-14-38-26(22)40)33-7-6-16-8-15(10-34-23(16)21)11-35-24-20(9-17(12-36-24)28(30,31)32)27(41)39-19-4-2-18(29)3-5-19/h2-5,8-10,12-14,27,39,41H,6-7,11H2,1H3,(H,35,36)(H,33,37,38). The zero-order chi connectivity index (χ0) is 28.7. The maximum atomic E-state index is 13.5. The molecule has 5 aromatic rings. The van der Waals surface area contributed by atoms with E-state index in [0.717, 1.165) is 45.3 Å². The molecule has 0 fully saturated rings. The Morgan fingerprint density at radius 3 is 2.66 bits per heavy atom. The molecule has 9 nitrogen and oxygen atoms in total. The van der Waals surface area contributed by atoms with Crippen LogP contribution in [-0.4, -0.2) is 36.2 Å². The predicted octanol–water partition coefficient (Wildman–Crippen LogP) is 5.27. The van der Waals surface area contributed by atoms with E-state index in [1.807, 2.05) is 23.9 Å². The number of nitrogens with one attached hydrogen (secondary N) is 3. The molecule has 1 aliphatic rings. The minimum Gasteiger partial charge on any atom is -0.369 e. The van der Waals surface area contributed by atoms with Gasteiger partial charge in [0.2, 0.25) is 0 Å². The fraction of sp³-hybridized carbons (Fsp3) is 0.214. The van der Waals surface area contributed by atoms with Gasteiger partial charge in [0.25, 0.3) is 0 Å². The number of hydrogen-bond acceptors (Lipinski definition) is 8. The zero-order valence-electron chi connectivity index (χ0n) is 21.7. The lowest BCUT2D eigenvalue weighted by molar-refractivity contribution is -0.137. The van der Waals surface area contributed by atoms with E-state index in [9.17, 15) is 22.7 Å². The molecule has 4 aromatic heterocycles. The van der Waals surface area contributed by atoms with E-state index in [2.05, 4.69) is 30.9 Å². The number of rotatable bonds is 6. The summed E-state index contributed by atoms with van der Waals surface area (Å²) in [7, 11) is 1.91. The van der Waals surface area contributed by atoms with Crippen molar-refractivity contribution >= 4 is 28.4 Å². The second-order valence-electron chi connectivity index (χ2n) is 9.67. The molecule has 1 aliphatic heterocycles. The highest BCUT2D eigenvalue weighted by Gasteiger charge is 2.32. The van der Waals surface area contributed by atoms with Crippen molar-refractivity contribution in [3.8, 4) is 11.3 Å². The molecule has 5 heterocycles. The molecule has 1 atom stereocenters. The van der Waals surface area contributed by atoms with Gasteiger partial charge in [0.1, 0.15) is 29.4 Å². The number of aliphatic hydroxyl groups is 1. The summed E-state index contributed by atoms with van der Waals surface area (Å²) in [5.74, 6) is 0.324. The Hall–Kier alpha value is -4.78. The van der Waals surface area contributed by atoms with Crippen LogP contribution in [0.1, 0.15) is 28.5 Å². The smallest absolute Gasteiger partial charge is 0.369 e. The quantitative estimate of drug-likeness (QED) is 0.163. The second kappa shape index (κ2) is 10.3. The fourth-order valence-corrected chi connectivity index (χ4v) is 4.89. The van der Waals surface area contributed by atoms with Gasteiger partial charge < -0.3 is 25.6 Å². The molecule has 13 heteroatoms. The van der Waals surface area contributed by atoms with Crippen molar-refractivity contribution < 1.29 is 22.7 Å². The van der Waals surface area contributed by atoms with Crippen molar-refractivity contribution in [2.75, 3.05) is 22.5 Å². The zero-order valence-corrected chi connectivity index (χ0v) is 21.7. The van der Waals surface area contributed by atoms with Gasteiger partial charge in [0.05, 0.1) is 16.6 Å². The number of hydrogen-bond donors (Lipinski definition) is 4. The lowest BCUT2D eigenvalue weighted by Gasteiger charge is -2.20. The molecule has 0 aliphatic carbocycles. The molecule has 0 radical (unpaired) electrons. The minimum absolute atomic E-state index is 0.0596. The fourth-order valence-electron chi connectivity index (χ4n) is 4.89. The van der Waals surface area contributed by atoms with Gasteiger partial charge in [-0.25, -0.2) is 19.3 Å². The van der Waals surface area contributed by atoms with Crippen LogP contribution in [0.4, 0.5) is 34.9 Å². The molecule has 6 rings (SSSR count). The Kier molecular flexibility index (Phi) is 6.66. The first-order chi connectivity index (χ1) is 19.7. The van der Waals surface area contributed by atoms with Crippen LogP contribution in [0.15, 0.2) is 61.3 Å². The largest absolute Gasteiger partial charge is 0.417 e. The summed E-state index contributed by atoms with van der Waals surface area (Å²) in [4.78, 5) is 17.5. The van der Waals surface area contributed by atoms with Gasteiger partial charge in [-0.15, -0.1) is 0 Å². The van der Waals surface area contributed by atoms with Crippen molar-refractivity contribution in [1.29, 1.82) is 0 Å². The van der Waals surface area contributed by atoms with Gasteiger partial charge >= 0.3 is 6.18 Å². The summed E-state index contributed by atoms with van der Waals surface area (Å²) < 4.78 is 55.6. The molecule has 0 bridgehead atoms. The summed E-state index contributed by atoms with van der Waals surface area (Å²) in [5.41, 5.74) is 3.45. The van der Waals surface area contributed by atoms with Crippen LogP contribution in [0.5, 0.6) is 0 Å². The first kappa shape index (κ1) is 26.4. The Balaban J connectivity index is 1.29. The molecule has 0 amide bonds. The van der Waals surface area contributed by atoms with Gasteiger partial charge in [-0.2, -0.15) is 13.2 Å². The first-order valence-corrected chi connectivity index (χ1v) is 12.7. The van der Waals surface area contributed by atoms with Crippen LogP contribution < -0.4 is 16.0 Å². The van der Waals surface area contributed by atoms with Crippen molar-refractivity contribution in [2.45, 2.75) is 25.4 Å². The van der Waals surface area contributed by atoms with Gasteiger partial charge in [0, 0.05) is 55.5 Å². The summed E-state index contributed by atoms with van der Waals surface area (Å²) in [6.45, 7) is 0.810. The number of anilines is 3. The highest BCUT2D eigenvalue weighted by molar-refractivity contribution is 6.01. The molecule has 0 saturated heterocycles. The third-order valence-electron chi connectivity index (χ3n) is 6.87. The number of alkyl halides is 3. The van der Waals surface area contributed by atoms with Crippen LogP contribution >= 0.6 is 0 Å². The molecule has 0 spiro atoms. The minimum atomic E-state index is -4.66. The molecule has 1 unspecified atom stereocenters. The SMILES string of the molecule is Cn1cc2c3c(ncnc31)NCCc1cc(CNc3ncc(C(F)(F)F)cc3C(O)Nc3ccc(F)cc3)cnc1-2. The Morgan fingerprint density at radius 1 is 1.07 bits per heavy atom. The molecule has 4 N–H and O–H groups in total. The predicted molar refractivity (Wildman–Crippen MR) is 145 cm³/mol. The second-order valence-corrected chi connectivity index (χ2v) is 9.67. The van der Waals surface area contributed by atoms with Gasteiger partial charge in [-0.3, -0.25) is 4.98 Å². The number of aromatic nitrogens is 5. The Bertz CT molecular complexity index is 1740. The Labute approximate surface area is 231 Å². The van der Waals surface area contributed by atoms with E-state index in [4.69, 9.17) is 4.98 Å². The number of nitrogens with zero attached hydrogens (tertiary/aromatic N) is 5. The topological polar surface area (TPSA) is 113 Å². The number of aryl methyl sites for hydroxylation is 1. The van der Waals surface area contributed by atoms with E-state index in [0.29, 0.717) is 24.8 Å². The van der Waals surface area contributed by atoms with E-state index >= 15 is 0 Å². The number of halogens is 4. The van der Waals surface area contributed by atoms with E-state index in [-0.39, 0.29) is 17.9 Å². The third kappa shape index (κ3) is 5.23. The molecule has 1 aromatic carbocycles. The maximum Gasteiger partial charge on any atom is 0.417 e. The summed E-state index contributed by atoms with van der Waals surface area (Å²) >= 11 is 0. The van der Waals surface area contributed by atoms with Crippen LogP contribution in [0.3, 0.4) is 0 Å². The number of fused-ring (bicyclic) bond motifs is 2. The highest BCUT2D eigenvalue weighted by Crippen LogP contribution is 2.36. The average Bonchev–Trinajstić information content (AvgIpc) is 3.28. The normalized spacial score (nSPS) is 13.6. The molecule has 41 heavy (non-hydrogen) atoms. The summed E-state index contributed by atoms with van der Waals surface area (Å²) in [6.07, 6.45) is 0.347. The van der Waals surface area contributed by atoms with Crippen molar-refractivity contribution in [3.05, 3.63) is 89.4 Å². The van der Waals surface area contributed by atoms with E-state index in [1.54, 1.807) is 6.20 Å².